The third-order valence-electron chi connectivity index (χ3n) is 4.82. The van der Waals surface area contributed by atoms with Crippen molar-refractivity contribution in [1.29, 1.82) is 0 Å². The fraction of sp³-hybridized carbons (Fsp3) is 0.333. The van der Waals surface area contributed by atoms with Crippen LogP contribution in [0.5, 0.6) is 11.5 Å². The first-order chi connectivity index (χ1) is 13.5. The predicted molar refractivity (Wildman–Crippen MR) is 103 cm³/mol. The Balaban J connectivity index is 1.62. The molecule has 1 heterocycles. The number of hydrogen-bond donors (Lipinski definition) is 1. The second-order valence-corrected chi connectivity index (χ2v) is 6.58. The lowest BCUT2D eigenvalue weighted by Crippen LogP contribution is -2.34. The number of amides is 2. The number of ether oxygens (including phenoxy) is 2. The average molecular weight is 386 g/mol. The van der Waals surface area contributed by atoms with Gasteiger partial charge >= 0.3 is 0 Å². The fourth-order valence-corrected chi connectivity index (χ4v) is 3.29. The Labute approximate surface area is 163 Å². The second-order valence-electron chi connectivity index (χ2n) is 6.58. The molecule has 1 atom stereocenters. The zero-order valence-corrected chi connectivity index (χ0v) is 15.9. The summed E-state index contributed by atoms with van der Waals surface area (Å²) in [6.07, 6.45) is 0.512. The van der Waals surface area contributed by atoms with Crippen LogP contribution in [0.4, 0.5) is 10.1 Å². The average Bonchev–Trinajstić information content (AvgIpc) is 3.10. The molecule has 0 aromatic heterocycles. The normalized spacial score (nSPS) is 16.2. The number of carbonyl (C=O) groups is 2. The van der Waals surface area contributed by atoms with Crippen molar-refractivity contribution in [3.63, 3.8) is 0 Å². The number of carbonyl (C=O) groups excluding carboxylic acids is 2. The van der Waals surface area contributed by atoms with Crippen LogP contribution in [0.3, 0.4) is 0 Å². The lowest BCUT2D eigenvalue weighted by molar-refractivity contribution is -0.126. The number of nitrogens with zero attached hydrogens (tertiary/aromatic N) is 1. The molecule has 2 amide bonds. The van der Waals surface area contributed by atoms with Crippen molar-refractivity contribution in [3.05, 3.63) is 53.8 Å². The topological polar surface area (TPSA) is 67.9 Å². The van der Waals surface area contributed by atoms with E-state index in [1.165, 1.54) is 13.2 Å². The first-order valence-corrected chi connectivity index (χ1v) is 9.07. The highest BCUT2D eigenvalue weighted by Gasteiger charge is 2.36. The highest BCUT2D eigenvalue weighted by molar-refractivity contribution is 6.01. The van der Waals surface area contributed by atoms with Gasteiger partial charge in [0, 0.05) is 25.6 Å². The highest BCUT2D eigenvalue weighted by atomic mass is 19.1. The Morgan fingerprint density at radius 1 is 1.21 bits per heavy atom. The molecule has 0 aliphatic carbocycles. The molecule has 6 nitrogen and oxygen atoms in total. The summed E-state index contributed by atoms with van der Waals surface area (Å²) >= 11 is 0. The van der Waals surface area contributed by atoms with Gasteiger partial charge in [0.05, 0.1) is 25.8 Å². The summed E-state index contributed by atoms with van der Waals surface area (Å²) < 4.78 is 24.2. The van der Waals surface area contributed by atoms with Gasteiger partial charge in [-0.3, -0.25) is 9.59 Å². The van der Waals surface area contributed by atoms with Crippen LogP contribution in [0, 0.1) is 11.7 Å². The van der Waals surface area contributed by atoms with Gasteiger partial charge in [-0.15, -0.1) is 0 Å². The number of rotatable bonds is 7. The molecule has 148 valence electrons. The minimum absolute atomic E-state index is 0.117. The zero-order valence-electron chi connectivity index (χ0n) is 15.9. The van der Waals surface area contributed by atoms with Gasteiger partial charge in [-0.2, -0.15) is 0 Å². The summed E-state index contributed by atoms with van der Waals surface area (Å²) in [7, 11) is 3.07. The second kappa shape index (κ2) is 8.73. The van der Waals surface area contributed by atoms with E-state index >= 15 is 0 Å². The van der Waals surface area contributed by atoms with Crippen molar-refractivity contribution in [3.8, 4) is 11.5 Å². The van der Waals surface area contributed by atoms with E-state index in [1.807, 2.05) is 0 Å². The molecule has 1 fully saturated rings. The van der Waals surface area contributed by atoms with Crippen LogP contribution in [0.25, 0.3) is 0 Å². The SMILES string of the molecule is COc1ccc(OC)c(N2CC(C(=O)NCCc3ccccc3F)CC2=O)c1. The van der Waals surface area contributed by atoms with Crippen LogP contribution >= 0.6 is 0 Å². The summed E-state index contributed by atoms with van der Waals surface area (Å²) in [6, 6.07) is 11.7. The number of halogens is 1. The van der Waals surface area contributed by atoms with Crippen LogP contribution in [-0.2, 0) is 16.0 Å². The molecular weight excluding hydrogens is 363 g/mol. The largest absolute Gasteiger partial charge is 0.497 e. The monoisotopic (exact) mass is 386 g/mol. The summed E-state index contributed by atoms with van der Waals surface area (Å²) in [5.74, 6) is 0.0131. The van der Waals surface area contributed by atoms with Gasteiger partial charge in [0.25, 0.3) is 0 Å². The summed E-state index contributed by atoms with van der Waals surface area (Å²) in [5, 5.41) is 2.80. The van der Waals surface area contributed by atoms with E-state index < -0.39 is 5.92 Å². The quantitative estimate of drug-likeness (QED) is 0.794. The molecule has 1 unspecified atom stereocenters. The van der Waals surface area contributed by atoms with E-state index in [0.29, 0.717) is 35.7 Å². The van der Waals surface area contributed by atoms with Crippen LogP contribution in [0.15, 0.2) is 42.5 Å². The maximum Gasteiger partial charge on any atom is 0.227 e. The van der Waals surface area contributed by atoms with Gasteiger partial charge in [-0.05, 0) is 30.2 Å². The van der Waals surface area contributed by atoms with Crippen molar-refractivity contribution in [2.24, 2.45) is 5.92 Å². The van der Waals surface area contributed by atoms with E-state index in [0.717, 1.165) is 0 Å². The fourth-order valence-electron chi connectivity index (χ4n) is 3.29. The van der Waals surface area contributed by atoms with Gasteiger partial charge in [-0.1, -0.05) is 18.2 Å². The van der Waals surface area contributed by atoms with Gasteiger partial charge in [0.2, 0.25) is 11.8 Å². The van der Waals surface area contributed by atoms with Crippen molar-refractivity contribution in [2.75, 3.05) is 32.2 Å². The number of hydrogen-bond acceptors (Lipinski definition) is 4. The van der Waals surface area contributed by atoms with E-state index in [-0.39, 0.29) is 30.6 Å². The maximum absolute atomic E-state index is 13.7. The minimum atomic E-state index is -0.468. The van der Waals surface area contributed by atoms with Gasteiger partial charge in [-0.25, -0.2) is 4.39 Å². The van der Waals surface area contributed by atoms with Crippen molar-refractivity contribution >= 4 is 17.5 Å². The van der Waals surface area contributed by atoms with Crippen LogP contribution in [-0.4, -0.2) is 39.1 Å². The van der Waals surface area contributed by atoms with Gasteiger partial charge in [0.15, 0.2) is 0 Å². The van der Waals surface area contributed by atoms with Crippen molar-refractivity contribution in [1.82, 2.24) is 5.32 Å². The first-order valence-electron chi connectivity index (χ1n) is 9.07. The zero-order chi connectivity index (χ0) is 20.1. The number of anilines is 1. The Morgan fingerprint density at radius 2 is 2.00 bits per heavy atom. The van der Waals surface area contributed by atoms with Gasteiger partial charge in [0.1, 0.15) is 17.3 Å². The highest BCUT2D eigenvalue weighted by Crippen LogP contribution is 2.36. The Bertz CT molecular complexity index is 871. The Kier molecular flexibility index (Phi) is 6.13. The maximum atomic E-state index is 13.7. The van der Waals surface area contributed by atoms with Crippen LogP contribution in [0.2, 0.25) is 0 Å². The molecule has 28 heavy (non-hydrogen) atoms. The molecule has 1 N–H and O–H groups in total. The Morgan fingerprint density at radius 3 is 2.71 bits per heavy atom. The smallest absolute Gasteiger partial charge is 0.227 e. The molecule has 1 aliphatic heterocycles. The van der Waals surface area contributed by atoms with Gasteiger partial charge < -0.3 is 19.7 Å². The summed E-state index contributed by atoms with van der Waals surface area (Å²) in [4.78, 5) is 26.5. The van der Waals surface area contributed by atoms with Crippen molar-refractivity contribution in [2.45, 2.75) is 12.8 Å². The molecule has 7 heteroatoms. The summed E-state index contributed by atoms with van der Waals surface area (Å²) in [5.41, 5.74) is 1.13. The summed E-state index contributed by atoms with van der Waals surface area (Å²) in [6.45, 7) is 0.570. The third-order valence-corrected chi connectivity index (χ3v) is 4.82. The van der Waals surface area contributed by atoms with E-state index in [9.17, 15) is 14.0 Å². The molecule has 0 radical (unpaired) electrons. The minimum Gasteiger partial charge on any atom is -0.497 e. The van der Waals surface area contributed by atoms with Crippen molar-refractivity contribution < 1.29 is 23.5 Å². The Hall–Kier alpha value is -3.09. The standard InChI is InChI=1S/C21H23FN2O4/c1-27-16-7-8-19(28-2)18(12-16)24-13-15(11-20(24)25)21(26)23-10-9-14-5-3-4-6-17(14)22/h3-8,12,15H,9-11,13H2,1-2H3,(H,23,26). The predicted octanol–water partition coefficient (Wildman–Crippen LogP) is 2.55. The molecule has 1 saturated heterocycles. The number of methoxy groups -OCH3 is 2. The molecule has 0 bridgehead atoms. The first kappa shape index (κ1) is 19.7. The molecule has 0 saturated carbocycles. The molecule has 3 rings (SSSR count). The third kappa shape index (κ3) is 4.24. The van der Waals surface area contributed by atoms with E-state index in [1.54, 1.807) is 48.4 Å². The lowest BCUT2D eigenvalue weighted by atomic mass is 10.1. The molecule has 0 spiro atoms. The molecule has 1 aliphatic rings. The van der Waals surface area contributed by atoms with Crippen LogP contribution < -0.4 is 19.7 Å². The molecule has 2 aromatic carbocycles. The lowest BCUT2D eigenvalue weighted by Gasteiger charge is -2.20. The molecular formula is C21H23FN2O4. The van der Waals surface area contributed by atoms with Crippen LogP contribution in [0.1, 0.15) is 12.0 Å². The number of benzene rings is 2. The van der Waals surface area contributed by atoms with E-state index in [4.69, 9.17) is 9.47 Å². The molecule has 2 aromatic rings. The number of nitrogens with one attached hydrogen (secondary N) is 1. The van der Waals surface area contributed by atoms with E-state index in [2.05, 4.69) is 5.32 Å².